The lowest BCUT2D eigenvalue weighted by Gasteiger charge is -2.12. The van der Waals surface area contributed by atoms with Crippen LogP contribution in [0.25, 0.3) is 21.7 Å². The predicted octanol–water partition coefficient (Wildman–Crippen LogP) is 4.06. The molecule has 6 heteroatoms. The number of hydrogen-bond acceptors (Lipinski definition) is 4. The zero-order valence-corrected chi connectivity index (χ0v) is 14.4. The van der Waals surface area contributed by atoms with Crippen LogP contribution in [0.3, 0.4) is 0 Å². The molecule has 0 atom stereocenters. The number of nitriles is 1. The number of pyridine rings is 1. The van der Waals surface area contributed by atoms with Crippen LogP contribution in [0.4, 0.5) is 5.69 Å². The van der Waals surface area contributed by atoms with Gasteiger partial charge in [-0.15, -0.1) is 0 Å². The SMILES string of the molecule is N#Cc1ccc(NS(=O)(=O)c2cccc3cccnc23)c2ccccc12. The Morgan fingerprint density at radius 1 is 0.885 bits per heavy atom. The van der Waals surface area contributed by atoms with Crippen LogP contribution in [0.15, 0.2) is 77.8 Å². The highest BCUT2D eigenvalue weighted by atomic mass is 32.2. The third kappa shape index (κ3) is 2.65. The van der Waals surface area contributed by atoms with E-state index in [9.17, 15) is 13.7 Å². The second kappa shape index (κ2) is 6.14. The molecule has 0 amide bonds. The Labute approximate surface area is 150 Å². The molecule has 0 aliphatic heterocycles. The number of nitrogens with one attached hydrogen (secondary N) is 1. The zero-order valence-electron chi connectivity index (χ0n) is 13.5. The smallest absolute Gasteiger partial charge is 0.264 e. The first-order valence-corrected chi connectivity index (χ1v) is 9.37. The van der Waals surface area contributed by atoms with E-state index in [1.807, 2.05) is 18.2 Å². The highest BCUT2D eigenvalue weighted by Gasteiger charge is 2.19. The number of para-hydroxylation sites is 1. The molecule has 0 bridgehead atoms. The minimum Gasteiger partial charge on any atom is -0.279 e. The molecule has 1 heterocycles. The third-order valence-corrected chi connectivity index (χ3v) is 5.57. The second-order valence-corrected chi connectivity index (χ2v) is 7.41. The van der Waals surface area contributed by atoms with Crippen molar-refractivity contribution in [2.24, 2.45) is 0 Å². The topological polar surface area (TPSA) is 82.9 Å². The average Bonchev–Trinajstić information content (AvgIpc) is 2.67. The first kappa shape index (κ1) is 16.1. The van der Waals surface area contributed by atoms with Crippen LogP contribution in [-0.4, -0.2) is 13.4 Å². The summed E-state index contributed by atoms with van der Waals surface area (Å²) in [4.78, 5) is 4.33. The highest BCUT2D eigenvalue weighted by molar-refractivity contribution is 7.93. The van der Waals surface area contributed by atoms with Crippen molar-refractivity contribution in [1.29, 1.82) is 5.26 Å². The Morgan fingerprint density at radius 2 is 1.65 bits per heavy atom. The Balaban J connectivity index is 1.87. The Morgan fingerprint density at radius 3 is 2.46 bits per heavy atom. The lowest BCUT2D eigenvalue weighted by Crippen LogP contribution is -2.14. The van der Waals surface area contributed by atoms with Crippen molar-refractivity contribution in [3.8, 4) is 6.07 Å². The maximum atomic E-state index is 13.0. The zero-order chi connectivity index (χ0) is 18.1. The number of fused-ring (bicyclic) bond motifs is 2. The maximum absolute atomic E-state index is 13.0. The minimum atomic E-state index is -3.85. The second-order valence-electron chi connectivity index (χ2n) is 5.75. The molecule has 0 radical (unpaired) electrons. The van der Waals surface area contributed by atoms with Crippen molar-refractivity contribution in [2.75, 3.05) is 4.72 Å². The standard InChI is InChI=1S/C20H13N3O2S/c21-13-15-10-11-18(17-8-2-1-7-16(15)17)23-26(24,25)19-9-3-5-14-6-4-12-22-20(14)19/h1-12,23H. The van der Waals surface area contributed by atoms with Crippen LogP contribution < -0.4 is 4.72 Å². The van der Waals surface area contributed by atoms with Crippen molar-refractivity contribution < 1.29 is 8.42 Å². The molecule has 0 unspecified atom stereocenters. The van der Waals surface area contributed by atoms with E-state index < -0.39 is 10.0 Å². The van der Waals surface area contributed by atoms with Crippen LogP contribution in [0.5, 0.6) is 0 Å². The number of nitrogens with zero attached hydrogens (tertiary/aromatic N) is 2. The first-order chi connectivity index (χ1) is 12.6. The quantitative estimate of drug-likeness (QED) is 0.598. The summed E-state index contributed by atoms with van der Waals surface area (Å²) in [5.41, 5.74) is 1.34. The summed E-state index contributed by atoms with van der Waals surface area (Å²) >= 11 is 0. The molecule has 4 rings (SSSR count). The molecule has 3 aromatic carbocycles. The molecule has 0 saturated carbocycles. The van der Waals surface area contributed by atoms with E-state index in [1.54, 1.807) is 48.7 Å². The normalized spacial score (nSPS) is 11.3. The van der Waals surface area contributed by atoms with E-state index >= 15 is 0 Å². The number of aromatic nitrogens is 1. The fraction of sp³-hybridized carbons (Fsp3) is 0. The number of hydrogen-bond donors (Lipinski definition) is 1. The van der Waals surface area contributed by atoms with Gasteiger partial charge in [0.15, 0.2) is 0 Å². The van der Waals surface area contributed by atoms with Gasteiger partial charge in [0.2, 0.25) is 0 Å². The molecule has 0 saturated heterocycles. The summed E-state index contributed by atoms with van der Waals surface area (Å²) < 4.78 is 28.6. The van der Waals surface area contributed by atoms with E-state index in [4.69, 9.17) is 0 Å². The molecular formula is C20H13N3O2S. The van der Waals surface area contributed by atoms with E-state index in [1.165, 1.54) is 6.07 Å². The van der Waals surface area contributed by atoms with Crippen LogP contribution in [0.2, 0.25) is 0 Å². The van der Waals surface area contributed by atoms with Gasteiger partial charge in [0.1, 0.15) is 4.90 Å². The number of sulfonamides is 1. The van der Waals surface area contributed by atoms with Crippen molar-refractivity contribution >= 4 is 37.4 Å². The molecular weight excluding hydrogens is 346 g/mol. The monoisotopic (exact) mass is 359 g/mol. The Bertz CT molecular complexity index is 1290. The average molecular weight is 359 g/mol. The number of anilines is 1. The predicted molar refractivity (Wildman–Crippen MR) is 101 cm³/mol. The van der Waals surface area contributed by atoms with Crippen LogP contribution in [0.1, 0.15) is 5.56 Å². The highest BCUT2D eigenvalue weighted by Crippen LogP contribution is 2.29. The van der Waals surface area contributed by atoms with Crippen molar-refractivity contribution in [3.63, 3.8) is 0 Å². The van der Waals surface area contributed by atoms with Gasteiger partial charge in [-0.3, -0.25) is 9.71 Å². The third-order valence-electron chi connectivity index (χ3n) is 4.17. The first-order valence-electron chi connectivity index (χ1n) is 7.88. The van der Waals surface area contributed by atoms with E-state index in [-0.39, 0.29) is 4.90 Å². The molecule has 0 fully saturated rings. The van der Waals surface area contributed by atoms with Gasteiger partial charge in [0.25, 0.3) is 10.0 Å². The lowest BCUT2D eigenvalue weighted by molar-refractivity contribution is 0.602. The molecule has 26 heavy (non-hydrogen) atoms. The Kier molecular flexibility index (Phi) is 3.79. The van der Waals surface area contributed by atoms with Gasteiger partial charge in [0, 0.05) is 22.4 Å². The summed E-state index contributed by atoms with van der Waals surface area (Å²) in [7, 11) is -3.85. The van der Waals surface area contributed by atoms with E-state index in [0.717, 1.165) is 5.39 Å². The summed E-state index contributed by atoms with van der Waals surface area (Å²) in [6, 6.07) is 21.2. The van der Waals surface area contributed by atoms with E-state index in [0.29, 0.717) is 27.5 Å². The summed E-state index contributed by atoms with van der Waals surface area (Å²) in [5.74, 6) is 0. The minimum absolute atomic E-state index is 0.115. The number of benzene rings is 3. The molecule has 126 valence electrons. The molecule has 0 aliphatic rings. The van der Waals surface area contributed by atoms with Crippen molar-refractivity contribution in [3.05, 3.63) is 78.5 Å². The van der Waals surface area contributed by atoms with Gasteiger partial charge < -0.3 is 0 Å². The molecule has 4 aromatic rings. The summed E-state index contributed by atoms with van der Waals surface area (Å²) in [6.07, 6.45) is 1.57. The lowest BCUT2D eigenvalue weighted by atomic mass is 10.0. The maximum Gasteiger partial charge on any atom is 0.264 e. The number of rotatable bonds is 3. The van der Waals surface area contributed by atoms with Gasteiger partial charge >= 0.3 is 0 Å². The fourth-order valence-electron chi connectivity index (χ4n) is 2.98. The van der Waals surface area contributed by atoms with Gasteiger partial charge in [0.05, 0.1) is 22.8 Å². The van der Waals surface area contributed by atoms with Crippen LogP contribution >= 0.6 is 0 Å². The summed E-state index contributed by atoms with van der Waals surface area (Å²) in [5, 5.41) is 11.4. The van der Waals surface area contributed by atoms with Gasteiger partial charge in [-0.25, -0.2) is 8.42 Å². The van der Waals surface area contributed by atoms with Crippen molar-refractivity contribution in [2.45, 2.75) is 4.90 Å². The molecule has 1 aromatic heterocycles. The fourth-order valence-corrected chi connectivity index (χ4v) is 4.24. The molecule has 0 aliphatic carbocycles. The molecule has 5 nitrogen and oxygen atoms in total. The molecule has 1 N–H and O–H groups in total. The van der Waals surface area contributed by atoms with Crippen LogP contribution in [0, 0.1) is 11.3 Å². The van der Waals surface area contributed by atoms with Gasteiger partial charge in [-0.1, -0.05) is 42.5 Å². The van der Waals surface area contributed by atoms with E-state index in [2.05, 4.69) is 15.8 Å². The molecule has 0 spiro atoms. The summed E-state index contributed by atoms with van der Waals surface area (Å²) in [6.45, 7) is 0. The van der Waals surface area contributed by atoms with Crippen molar-refractivity contribution in [1.82, 2.24) is 4.98 Å². The van der Waals surface area contributed by atoms with Gasteiger partial charge in [-0.05, 0) is 24.3 Å². The largest absolute Gasteiger partial charge is 0.279 e. The Hall–Kier alpha value is -3.43. The van der Waals surface area contributed by atoms with Gasteiger partial charge in [-0.2, -0.15) is 5.26 Å². The van der Waals surface area contributed by atoms with Crippen LogP contribution in [-0.2, 0) is 10.0 Å².